The molecule has 1 amide bonds. The summed E-state index contributed by atoms with van der Waals surface area (Å²) in [4.78, 5) is 12.1. The Morgan fingerprint density at radius 2 is 1.80 bits per heavy atom. The Kier molecular flexibility index (Phi) is 6.41. The number of carbonyl (C=O) groups excluding carboxylic acids is 1. The zero-order valence-electron chi connectivity index (χ0n) is 14.2. The smallest absolute Gasteiger partial charge is 0.232 e. The number of hydrogen-bond donors (Lipinski definition) is 3. The van der Waals surface area contributed by atoms with E-state index in [0.29, 0.717) is 36.3 Å². The summed E-state index contributed by atoms with van der Waals surface area (Å²) in [6, 6.07) is 14.1. The number of carbonyl (C=O) groups is 1. The molecule has 0 aliphatic heterocycles. The lowest BCUT2D eigenvalue weighted by Gasteiger charge is -2.10. The van der Waals surface area contributed by atoms with Gasteiger partial charge in [0.2, 0.25) is 15.9 Å². The van der Waals surface area contributed by atoms with Crippen LogP contribution in [0.25, 0.3) is 0 Å². The Morgan fingerprint density at radius 1 is 1.08 bits per heavy atom. The molecule has 0 saturated heterocycles. The molecule has 0 atom stereocenters. The predicted octanol–water partition coefficient (Wildman–Crippen LogP) is 2.99. The summed E-state index contributed by atoms with van der Waals surface area (Å²) in [5.74, 6) is -0.0981. The highest BCUT2D eigenvalue weighted by Crippen LogP contribution is 2.18. The summed E-state index contributed by atoms with van der Waals surface area (Å²) < 4.78 is 26.1. The minimum absolute atomic E-state index is 0.0576. The van der Waals surface area contributed by atoms with E-state index in [0.717, 1.165) is 5.56 Å². The number of anilines is 3. The zero-order valence-corrected chi connectivity index (χ0v) is 15.0. The second-order valence-corrected chi connectivity index (χ2v) is 7.59. The van der Waals surface area contributed by atoms with Gasteiger partial charge in [-0.3, -0.25) is 9.52 Å². The summed E-state index contributed by atoms with van der Waals surface area (Å²) in [5.41, 5.74) is 8.44. The maximum Gasteiger partial charge on any atom is 0.232 e. The predicted molar refractivity (Wildman–Crippen MR) is 102 cm³/mol. The summed E-state index contributed by atoms with van der Waals surface area (Å²) in [6.45, 7) is 1.80. The molecule has 0 radical (unpaired) electrons. The molecule has 7 heteroatoms. The van der Waals surface area contributed by atoms with Crippen LogP contribution < -0.4 is 15.8 Å². The number of nitrogens with one attached hydrogen (secondary N) is 2. The van der Waals surface area contributed by atoms with Crippen molar-refractivity contribution in [3.8, 4) is 0 Å². The fourth-order valence-corrected chi connectivity index (χ4v) is 3.52. The number of amides is 1. The minimum atomic E-state index is -3.36. The summed E-state index contributed by atoms with van der Waals surface area (Å²) >= 11 is 0. The van der Waals surface area contributed by atoms with Gasteiger partial charge in [0.1, 0.15) is 0 Å². The lowest BCUT2D eigenvalue weighted by molar-refractivity contribution is -0.116. The average molecular weight is 361 g/mol. The first-order valence-electron chi connectivity index (χ1n) is 8.13. The number of benzene rings is 2. The van der Waals surface area contributed by atoms with Crippen molar-refractivity contribution >= 4 is 33.0 Å². The highest BCUT2D eigenvalue weighted by Gasteiger charge is 2.10. The van der Waals surface area contributed by atoms with Crippen molar-refractivity contribution in [3.63, 3.8) is 0 Å². The van der Waals surface area contributed by atoms with Gasteiger partial charge in [0.25, 0.3) is 0 Å². The molecule has 134 valence electrons. The lowest BCUT2D eigenvalue weighted by Crippen LogP contribution is -2.16. The number of aryl methyl sites for hydroxylation is 1. The van der Waals surface area contributed by atoms with Crippen LogP contribution in [-0.4, -0.2) is 20.1 Å². The number of sulfonamides is 1. The molecule has 4 N–H and O–H groups in total. The molecule has 25 heavy (non-hydrogen) atoms. The minimum Gasteiger partial charge on any atom is -0.399 e. The number of rotatable bonds is 8. The van der Waals surface area contributed by atoms with E-state index in [1.54, 1.807) is 37.3 Å². The lowest BCUT2D eigenvalue weighted by atomic mass is 10.1. The molecule has 0 saturated carbocycles. The van der Waals surface area contributed by atoms with Gasteiger partial charge in [-0.05, 0) is 42.7 Å². The van der Waals surface area contributed by atoms with Crippen LogP contribution in [0.1, 0.15) is 25.3 Å². The van der Waals surface area contributed by atoms with Gasteiger partial charge in [-0.1, -0.05) is 31.2 Å². The van der Waals surface area contributed by atoms with Gasteiger partial charge >= 0.3 is 0 Å². The maximum absolute atomic E-state index is 12.1. The third-order valence-corrected chi connectivity index (χ3v) is 5.06. The van der Waals surface area contributed by atoms with Crippen LogP contribution in [0.5, 0.6) is 0 Å². The third-order valence-electron chi connectivity index (χ3n) is 3.57. The Balaban J connectivity index is 1.95. The highest BCUT2D eigenvalue weighted by atomic mass is 32.2. The Morgan fingerprint density at radius 3 is 2.52 bits per heavy atom. The first kappa shape index (κ1) is 18.8. The fraction of sp³-hybridized carbons (Fsp3) is 0.278. The standard InChI is InChI=1S/C18H23N3O3S/c1-2-12-25(23,24)21-16-8-5-7-15(13-16)20-18(22)11-10-14-6-3-4-9-17(14)19/h3-9,13,21H,2,10-12,19H2,1H3,(H,20,22). The largest absolute Gasteiger partial charge is 0.399 e. The van der Waals surface area contributed by atoms with Gasteiger partial charge in [-0.25, -0.2) is 8.42 Å². The van der Waals surface area contributed by atoms with Gasteiger partial charge in [0.15, 0.2) is 0 Å². The van der Waals surface area contributed by atoms with Crippen molar-refractivity contribution in [3.05, 3.63) is 54.1 Å². The van der Waals surface area contributed by atoms with Crippen LogP contribution in [0, 0.1) is 0 Å². The molecule has 0 aliphatic carbocycles. The van der Waals surface area contributed by atoms with Crippen LogP contribution >= 0.6 is 0 Å². The molecule has 6 nitrogen and oxygen atoms in total. The van der Waals surface area contributed by atoms with Crippen LogP contribution in [0.4, 0.5) is 17.1 Å². The Labute approximate surface area is 148 Å². The first-order valence-corrected chi connectivity index (χ1v) is 9.78. The van der Waals surface area contributed by atoms with E-state index in [1.807, 2.05) is 18.2 Å². The van der Waals surface area contributed by atoms with Gasteiger partial charge in [-0.2, -0.15) is 0 Å². The monoisotopic (exact) mass is 361 g/mol. The summed E-state index contributed by atoms with van der Waals surface area (Å²) in [6.07, 6.45) is 1.37. The van der Waals surface area contributed by atoms with Crippen LogP contribution in [0.15, 0.2) is 48.5 Å². The molecule has 0 heterocycles. The number of hydrogen-bond acceptors (Lipinski definition) is 4. The molecule has 0 spiro atoms. The van der Waals surface area contributed by atoms with Crippen LogP contribution in [0.2, 0.25) is 0 Å². The second-order valence-electron chi connectivity index (χ2n) is 5.75. The molecular weight excluding hydrogens is 338 g/mol. The topological polar surface area (TPSA) is 101 Å². The summed E-state index contributed by atoms with van der Waals surface area (Å²) in [5, 5.41) is 2.78. The van der Waals surface area contributed by atoms with Crippen LogP contribution in [-0.2, 0) is 21.2 Å². The number of para-hydroxylation sites is 1. The van der Waals surface area contributed by atoms with E-state index < -0.39 is 10.0 Å². The number of nitrogens with two attached hydrogens (primary N) is 1. The van der Waals surface area contributed by atoms with E-state index in [-0.39, 0.29) is 11.7 Å². The molecular formula is C18H23N3O3S. The molecule has 0 fully saturated rings. The van der Waals surface area contributed by atoms with E-state index in [1.165, 1.54) is 0 Å². The molecule has 0 aliphatic rings. The molecule has 2 rings (SSSR count). The van der Waals surface area contributed by atoms with Crippen LogP contribution in [0.3, 0.4) is 0 Å². The third kappa shape index (κ3) is 6.11. The van der Waals surface area contributed by atoms with Crippen molar-refractivity contribution < 1.29 is 13.2 Å². The quantitative estimate of drug-likeness (QED) is 0.629. The van der Waals surface area contributed by atoms with Gasteiger partial charge in [0, 0.05) is 17.8 Å². The Hall–Kier alpha value is -2.54. The molecule has 0 unspecified atom stereocenters. The molecule has 0 bridgehead atoms. The van der Waals surface area contributed by atoms with E-state index in [2.05, 4.69) is 10.0 Å². The Bertz CT molecular complexity index is 835. The molecule has 2 aromatic rings. The molecule has 2 aromatic carbocycles. The SMILES string of the molecule is CCCS(=O)(=O)Nc1cccc(NC(=O)CCc2ccccc2N)c1. The van der Waals surface area contributed by atoms with Crippen molar-refractivity contribution in [1.82, 2.24) is 0 Å². The van der Waals surface area contributed by atoms with Gasteiger partial charge in [0.05, 0.1) is 11.4 Å². The maximum atomic E-state index is 12.1. The average Bonchev–Trinajstić information content (AvgIpc) is 2.54. The van der Waals surface area contributed by atoms with E-state index >= 15 is 0 Å². The number of nitrogen functional groups attached to an aromatic ring is 1. The normalized spacial score (nSPS) is 11.1. The van der Waals surface area contributed by atoms with E-state index in [9.17, 15) is 13.2 Å². The van der Waals surface area contributed by atoms with Crippen molar-refractivity contribution in [2.75, 3.05) is 21.5 Å². The first-order chi connectivity index (χ1) is 11.9. The van der Waals surface area contributed by atoms with E-state index in [4.69, 9.17) is 5.73 Å². The summed E-state index contributed by atoms with van der Waals surface area (Å²) in [7, 11) is -3.36. The van der Waals surface area contributed by atoms with Crippen molar-refractivity contribution in [2.24, 2.45) is 0 Å². The fourth-order valence-electron chi connectivity index (χ4n) is 2.39. The molecule has 0 aromatic heterocycles. The second kappa shape index (κ2) is 8.53. The van der Waals surface area contributed by atoms with Gasteiger partial charge < -0.3 is 11.1 Å². The van der Waals surface area contributed by atoms with Gasteiger partial charge in [-0.15, -0.1) is 0 Å². The zero-order chi connectivity index (χ0) is 18.3. The van der Waals surface area contributed by atoms with Crippen molar-refractivity contribution in [1.29, 1.82) is 0 Å². The highest BCUT2D eigenvalue weighted by molar-refractivity contribution is 7.92. The van der Waals surface area contributed by atoms with Crippen molar-refractivity contribution in [2.45, 2.75) is 26.2 Å².